The van der Waals surface area contributed by atoms with Gasteiger partial charge in [0, 0.05) is 21.3 Å². The fourth-order valence-electron chi connectivity index (χ4n) is 0. The highest BCUT2D eigenvalue weighted by molar-refractivity contribution is 4.22. The third kappa shape index (κ3) is 831. The van der Waals surface area contributed by atoms with Crippen LogP contribution in [0.1, 0.15) is 0 Å². The Morgan fingerprint density at radius 1 is 0.625 bits per heavy atom. The molecule has 0 amide bonds. The molecule has 8 heavy (non-hydrogen) atoms. The van der Waals surface area contributed by atoms with Crippen LogP contribution in [0.2, 0.25) is 0 Å². The van der Waals surface area contributed by atoms with E-state index in [1.165, 1.54) is 0 Å². The van der Waals surface area contributed by atoms with Crippen molar-refractivity contribution in [3.63, 3.8) is 0 Å². The molecule has 0 aromatic heterocycles. The highest BCUT2D eigenvalue weighted by atomic mass is 16.2. The standard InChI is InChI=1S/C2H4.3CH4O/c4*1-2/h1-2H2;3*2H,1H3. The lowest BCUT2D eigenvalue weighted by molar-refractivity contribution is 0.399. The molecule has 0 aliphatic carbocycles. The molecule has 0 aromatic carbocycles. The second-order valence-electron chi connectivity index (χ2n) is 0. The molecule has 0 unspecified atom stereocenters. The summed E-state index contributed by atoms with van der Waals surface area (Å²) in [6.45, 7) is 6.00. The van der Waals surface area contributed by atoms with Crippen LogP contribution in [0.3, 0.4) is 0 Å². The van der Waals surface area contributed by atoms with Crippen molar-refractivity contribution in [2.24, 2.45) is 0 Å². The van der Waals surface area contributed by atoms with Gasteiger partial charge in [0.15, 0.2) is 0 Å². The fraction of sp³-hybridized carbons (Fsp3) is 0.600. The molecule has 3 heteroatoms. The van der Waals surface area contributed by atoms with Crippen LogP contribution >= 0.6 is 0 Å². The molecular weight excluding hydrogens is 108 g/mol. The molecule has 0 radical (unpaired) electrons. The predicted molar refractivity (Wildman–Crippen MR) is 35.7 cm³/mol. The van der Waals surface area contributed by atoms with Crippen molar-refractivity contribution in [1.29, 1.82) is 0 Å². The van der Waals surface area contributed by atoms with Crippen molar-refractivity contribution >= 4 is 0 Å². The second-order valence-corrected chi connectivity index (χ2v) is 0. The first-order valence-electron chi connectivity index (χ1n) is 1.84. The van der Waals surface area contributed by atoms with Gasteiger partial charge in [-0.05, 0) is 0 Å². The van der Waals surface area contributed by atoms with Crippen molar-refractivity contribution < 1.29 is 15.3 Å². The summed E-state index contributed by atoms with van der Waals surface area (Å²) in [6, 6.07) is 0. The smallest absolute Gasteiger partial charge is 0.0319 e. The average molecular weight is 124 g/mol. The first-order valence-corrected chi connectivity index (χ1v) is 1.84. The van der Waals surface area contributed by atoms with Crippen LogP contribution in [0.4, 0.5) is 0 Å². The molecule has 0 fully saturated rings. The van der Waals surface area contributed by atoms with E-state index in [-0.39, 0.29) is 0 Å². The van der Waals surface area contributed by atoms with E-state index in [9.17, 15) is 0 Å². The maximum absolute atomic E-state index is 7.00. The molecule has 3 nitrogen and oxygen atoms in total. The van der Waals surface area contributed by atoms with Crippen LogP contribution in [0, 0.1) is 0 Å². The Hall–Kier alpha value is -0.380. The summed E-state index contributed by atoms with van der Waals surface area (Å²) in [6.07, 6.45) is 0. The minimum atomic E-state index is 1.00. The van der Waals surface area contributed by atoms with Gasteiger partial charge in [-0.15, -0.1) is 13.2 Å². The quantitative estimate of drug-likeness (QED) is 0.386. The molecule has 0 saturated carbocycles. The third-order valence-corrected chi connectivity index (χ3v) is 0. The Bertz CT molecular complexity index is 7.64. The highest BCUT2D eigenvalue weighted by Crippen LogP contribution is 0.862. The Labute approximate surface area is 50.9 Å². The zero-order valence-corrected chi connectivity index (χ0v) is 5.76. The van der Waals surface area contributed by atoms with E-state index in [1.54, 1.807) is 0 Å². The van der Waals surface area contributed by atoms with E-state index in [0.717, 1.165) is 21.3 Å². The molecule has 0 bridgehead atoms. The topological polar surface area (TPSA) is 60.7 Å². The highest BCUT2D eigenvalue weighted by Gasteiger charge is 0.843. The molecular formula is C5H16O3. The largest absolute Gasteiger partial charge is 0.400 e. The maximum atomic E-state index is 7.00. The van der Waals surface area contributed by atoms with Gasteiger partial charge in [-0.25, -0.2) is 0 Å². The zero-order valence-electron chi connectivity index (χ0n) is 5.76. The van der Waals surface area contributed by atoms with Crippen LogP contribution in [-0.4, -0.2) is 36.6 Å². The van der Waals surface area contributed by atoms with Crippen LogP contribution in [0.15, 0.2) is 13.2 Å². The molecule has 0 aliphatic heterocycles. The van der Waals surface area contributed by atoms with E-state index in [2.05, 4.69) is 13.2 Å². The summed E-state index contributed by atoms with van der Waals surface area (Å²) >= 11 is 0. The monoisotopic (exact) mass is 124 g/mol. The van der Waals surface area contributed by atoms with Crippen molar-refractivity contribution in [3.8, 4) is 0 Å². The van der Waals surface area contributed by atoms with E-state index >= 15 is 0 Å². The van der Waals surface area contributed by atoms with Crippen LogP contribution in [0.25, 0.3) is 0 Å². The lowest BCUT2D eigenvalue weighted by atomic mass is 11.3. The van der Waals surface area contributed by atoms with Gasteiger partial charge in [0.05, 0.1) is 0 Å². The SMILES string of the molecule is C=C.CO.CO.CO. The minimum absolute atomic E-state index is 1.00. The Morgan fingerprint density at radius 3 is 0.625 bits per heavy atom. The van der Waals surface area contributed by atoms with Gasteiger partial charge in [0.2, 0.25) is 0 Å². The van der Waals surface area contributed by atoms with Crippen LogP contribution in [0.5, 0.6) is 0 Å². The van der Waals surface area contributed by atoms with Gasteiger partial charge < -0.3 is 15.3 Å². The number of aliphatic hydroxyl groups is 3. The zero-order chi connectivity index (χ0) is 8.00. The number of hydrogen-bond acceptors (Lipinski definition) is 3. The van der Waals surface area contributed by atoms with E-state index < -0.39 is 0 Å². The molecule has 54 valence electrons. The number of rotatable bonds is 0. The number of hydrogen-bond donors (Lipinski definition) is 3. The van der Waals surface area contributed by atoms with E-state index in [0.29, 0.717) is 0 Å². The summed E-state index contributed by atoms with van der Waals surface area (Å²) in [5, 5.41) is 21.0. The first-order chi connectivity index (χ1) is 4.00. The Kier molecular flexibility index (Phi) is 4610. The molecule has 0 saturated heterocycles. The molecule has 3 N–H and O–H groups in total. The lowest BCUT2D eigenvalue weighted by Crippen LogP contribution is -1.25. The average Bonchev–Trinajstić information content (AvgIpc) is 2.03. The normalized spacial score (nSPS) is 2.75. The molecule has 0 rings (SSSR count). The van der Waals surface area contributed by atoms with Crippen LogP contribution < -0.4 is 0 Å². The first kappa shape index (κ1) is 25.5. The van der Waals surface area contributed by atoms with Gasteiger partial charge in [0.25, 0.3) is 0 Å². The Balaban J connectivity index is -0.0000000133. The fourth-order valence-corrected chi connectivity index (χ4v) is 0. The second kappa shape index (κ2) is 1450. The summed E-state index contributed by atoms with van der Waals surface area (Å²) in [5.41, 5.74) is 0. The lowest BCUT2D eigenvalue weighted by Gasteiger charge is -1.21. The van der Waals surface area contributed by atoms with Crippen molar-refractivity contribution in [3.05, 3.63) is 13.2 Å². The van der Waals surface area contributed by atoms with Gasteiger partial charge in [0.1, 0.15) is 0 Å². The van der Waals surface area contributed by atoms with Crippen molar-refractivity contribution in [1.82, 2.24) is 0 Å². The maximum Gasteiger partial charge on any atom is 0.0319 e. The molecule has 0 aliphatic rings. The van der Waals surface area contributed by atoms with Gasteiger partial charge in [-0.1, -0.05) is 0 Å². The summed E-state index contributed by atoms with van der Waals surface area (Å²) < 4.78 is 0. The molecule has 0 heterocycles. The molecule has 0 aromatic rings. The van der Waals surface area contributed by atoms with Gasteiger partial charge >= 0.3 is 0 Å². The van der Waals surface area contributed by atoms with Gasteiger partial charge in [-0.3, -0.25) is 0 Å². The van der Waals surface area contributed by atoms with Crippen molar-refractivity contribution in [2.75, 3.05) is 21.3 Å². The van der Waals surface area contributed by atoms with Gasteiger partial charge in [-0.2, -0.15) is 0 Å². The summed E-state index contributed by atoms with van der Waals surface area (Å²) in [5.74, 6) is 0. The summed E-state index contributed by atoms with van der Waals surface area (Å²) in [4.78, 5) is 0. The molecule has 0 spiro atoms. The van der Waals surface area contributed by atoms with E-state index in [4.69, 9.17) is 15.3 Å². The van der Waals surface area contributed by atoms with Crippen molar-refractivity contribution in [2.45, 2.75) is 0 Å². The molecule has 0 atom stereocenters. The van der Waals surface area contributed by atoms with Crippen LogP contribution in [-0.2, 0) is 0 Å². The minimum Gasteiger partial charge on any atom is -0.400 e. The predicted octanol–water partition coefficient (Wildman–Crippen LogP) is -0.372. The Morgan fingerprint density at radius 2 is 0.625 bits per heavy atom. The number of aliphatic hydroxyl groups excluding tert-OH is 3. The summed E-state index contributed by atoms with van der Waals surface area (Å²) in [7, 11) is 3.00. The third-order valence-electron chi connectivity index (χ3n) is 0. The van der Waals surface area contributed by atoms with E-state index in [1.807, 2.05) is 0 Å².